The fraction of sp³-hybridized carbons (Fsp3) is 0.800. The van der Waals surface area contributed by atoms with Gasteiger partial charge in [-0.1, -0.05) is 20.8 Å². The van der Waals surface area contributed by atoms with Gasteiger partial charge in [-0.15, -0.1) is 0 Å². The highest BCUT2D eigenvalue weighted by Crippen LogP contribution is 2.42. The van der Waals surface area contributed by atoms with Gasteiger partial charge >= 0.3 is 6.18 Å². The van der Waals surface area contributed by atoms with Crippen LogP contribution in [0.15, 0.2) is 0 Å². The first-order valence-corrected chi connectivity index (χ1v) is 10.3. The molecule has 1 saturated carbocycles. The lowest BCUT2D eigenvalue weighted by atomic mass is 9.74. The first kappa shape index (κ1) is 24.9. The average Bonchev–Trinajstić information content (AvgIpc) is 2.94. The van der Waals surface area contributed by atoms with Gasteiger partial charge in [0.2, 0.25) is 17.7 Å². The number of rotatable bonds is 8. The van der Waals surface area contributed by atoms with Crippen molar-refractivity contribution in [1.29, 1.82) is 5.26 Å². The van der Waals surface area contributed by atoms with E-state index in [9.17, 15) is 32.8 Å². The Kier molecular flexibility index (Phi) is 7.57. The van der Waals surface area contributed by atoms with E-state index in [4.69, 9.17) is 0 Å². The van der Waals surface area contributed by atoms with E-state index in [0.717, 1.165) is 19.3 Å². The lowest BCUT2D eigenvalue weighted by molar-refractivity contribution is -0.136. The lowest BCUT2D eigenvalue weighted by Gasteiger charge is -2.38. The van der Waals surface area contributed by atoms with Crippen LogP contribution in [0.5, 0.6) is 0 Å². The Hall–Kier alpha value is -2.35. The normalized spacial score (nSPS) is 22.1. The molecule has 8 nitrogen and oxygen atoms in total. The maximum atomic E-state index is 12.5. The molecule has 174 valence electrons. The third-order valence-corrected chi connectivity index (χ3v) is 5.78. The summed E-state index contributed by atoms with van der Waals surface area (Å²) in [4.78, 5) is 36.7. The second-order valence-electron chi connectivity index (χ2n) is 9.52. The van der Waals surface area contributed by atoms with Crippen LogP contribution in [-0.2, 0) is 14.4 Å². The molecule has 2 rings (SSSR count). The van der Waals surface area contributed by atoms with E-state index in [-0.39, 0.29) is 23.8 Å². The molecule has 0 aromatic carbocycles. The fourth-order valence-electron chi connectivity index (χ4n) is 4.06. The summed E-state index contributed by atoms with van der Waals surface area (Å²) in [6, 6.07) is -0.124. The van der Waals surface area contributed by atoms with Gasteiger partial charge < -0.3 is 16.0 Å². The summed E-state index contributed by atoms with van der Waals surface area (Å²) >= 11 is 0. The molecule has 0 radical (unpaired) electrons. The Bertz CT molecular complexity index is 738. The van der Waals surface area contributed by atoms with Gasteiger partial charge in [0.15, 0.2) is 0 Å². The summed E-state index contributed by atoms with van der Waals surface area (Å²) in [5.41, 5.74) is -0.987. The molecule has 0 aromatic heterocycles. The second kappa shape index (κ2) is 9.42. The summed E-state index contributed by atoms with van der Waals surface area (Å²) in [5, 5.41) is 19.3. The van der Waals surface area contributed by atoms with Gasteiger partial charge in [0.25, 0.3) is 0 Å². The topological polar surface area (TPSA) is 123 Å². The van der Waals surface area contributed by atoms with Crippen LogP contribution in [0.3, 0.4) is 0 Å². The number of nitrogens with zero attached hydrogens (tertiary/aromatic N) is 1. The Morgan fingerprint density at radius 3 is 2.39 bits per heavy atom. The molecule has 3 atom stereocenters. The summed E-state index contributed by atoms with van der Waals surface area (Å²) in [7, 11) is 0. The summed E-state index contributed by atoms with van der Waals surface area (Å²) in [6.45, 7) is 2.99. The van der Waals surface area contributed by atoms with Crippen molar-refractivity contribution < 1.29 is 27.6 Å². The first-order valence-electron chi connectivity index (χ1n) is 10.3. The highest BCUT2D eigenvalue weighted by molar-refractivity contribution is 5.88. The predicted octanol–water partition coefficient (Wildman–Crippen LogP) is 1.13. The third-order valence-electron chi connectivity index (χ3n) is 5.78. The van der Waals surface area contributed by atoms with Gasteiger partial charge in [-0.05, 0) is 37.5 Å². The SMILES string of the molecule is CC(C)(C)[C@H](NCC(F)(F)F)C(=O)NCC(=O)N[C@H](C#N)C[C@@H]1CC2(CCC2)NC1=O. The van der Waals surface area contributed by atoms with Crippen molar-refractivity contribution >= 4 is 17.7 Å². The number of hydrogen-bond acceptors (Lipinski definition) is 5. The molecule has 1 heterocycles. The number of nitrogens with one attached hydrogen (secondary N) is 4. The minimum absolute atomic E-state index is 0.119. The van der Waals surface area contributed by atoms with Crippen molar-refractivity contribution in [3.63, 3.8) is 0 Å². The van der Waals surface area contributed by atoms with Gasteiger partial charge in [-0.2, -0.15) is 18.4 Å². The highest BCUT2D eigenvalue weighted by Gasteiger charge is 2.48. The molecule has 0 aromatic rings. The van der Waals surface area contributed by atoms with E-state index in [1.54, 1.807) is 20.8 Å². The van der Waals surface area contributed by atoms with Crippen molar-refractivity contribution in [3.8, 4) is 6.07 Å². The Morgan fingerprint density at radius 1 is 1.29 bits per heavy atom. The second-order valence-corrected chi connectivity index (χ2v) is 9.52. The van der Waals surface area contributed by atoms with Gasteiger partial charge in [-0.25, -0.2) is 0 Å². The first-order chi connectivity index (χ1) is 14.2. The van der Waals surface area contributed by atoms with Crippen molar-refractivity contribution in [2.45, 2.75) is 76.7 Å². The number of nitriles is 1. The number of carbonyl (C=O) groups excluding carboxylic acids is 3. The number of halogens is 3. The Labute approximate surface area is 179 Å². The van der Waals surface area contributed by atoms with Crippen LogP contribution in [0.2, 0.25) is 0 Å². The molecule has 11 heteroatoms. The number of alkyl halides is 3. The van der Waals surface area contributed by atoms with E-state index >= 15 is 0 Å². The standard InChI is InChI=1S/C20H30F3N5O3/c1-18(2,3)15(26-11-20(21,22)23)17(31)25-10-14(29)27-13(9-24)7-12-8-19(5-4-6-19)28-16(12)30/h12-13,15,26H,4-8,10-11H2,1-3H3,(H,25,31)(H,27,29)(H,28,30)/t12-,13+,15-/m1/s1. The zero-order valence-corrected chi connectivity index (χ0v) is 18.0. The summed E-state index contributed by atoms with van der Waals surface area (Å²) in [5.74, 6) is -1.88. The van der Waals surface area contributed by atoms with E-state index in [0.29, 0.717) is 6.42 Å². The zero-order valence-electron chi connectivity index (χ0n) is 18.0. The van der Waals surface area contributed by atoms with Gasteiger partial charge in [0.05, 0.1) is 25.2 Å². The largest absolute Gasteiger partial charge is 0.401 e. The van der Waals surface area contributed by atoms with E-state index in [1.807, 2.05) is 6.07 Å². The molecule has 1 aliphatic carbocycles. The smallest absolute Gasteiger partial charge is 0.350 e. The maximum absolute atomic E-state index is 12.5. The molecule has 1 saturated heterocycles. The molecular formula is C20H30F3N5O3. The molecule has 31 heavy (non-hydrogen) atoms. The Morgan fingerprint density at radius 2 is 1.94 bits per heavy atom. The van der Waals surface area contributed by atoms with Crippen LogP contribution in [0.25, 0.3) is 0 Å². The molecule has 4 N–H and O–H groups in total. The van der Waals surface area contributed by atoms with Crippen molar-refractivity contribution in [2.75, 3.05) is 13.1 Å². The molecule has 1 aliphatic heterocycles. The van der Waals surface area contributed by atoms with Crippen LogP contribution in [0.4, 0.5) is 13.2 Å². The predicted molar refractivity (Wildman–Crippen MR) is 105 cm³/mol. The molecule has 3 amide bonds. The van der Waals surface area contributed by atoms with Gasteiger partial charge in [0.1, 0.15) is 6.04 Å². The molecule has 1 spiro atoms. The highest BCUT2D eigenvalue weighted by atomic mass is 19.4. The molecule has 0 bridgehead atoms. The minimum atomic E-state index is -4.48. The third kappa shape index (κ3) is 7.09. The van der Waals surface area contributed by atoms with E-state index in [1.165, 1.54) is 0 Å². The van der Waals surface area contributed by atoms with Gasteiger partial charge in [-0.3, -0.25) is 19.7 Å². The fourth-order valence-corrected chi connectivity index (χ4v) is 4.06. The Balaban J connectivity index is 1.83. The molecule has 0 unspecified atom stereocenters. The average molecular weight is 445 g/mol. The molecular weight excluding hydrogens is 415 g/mol. The summed E-state index contributed by atoms with van der Waals surface area (Å²) in [6.07, 6.45) is -0.787. The van der Waals surface area contributed by atoms with Crippen molar-refractivity contribution in [3.05, 3.63) is 0 Å². The molecule has 2 fully saturated rings. The van der Waals surface area contributed by atoms with Crippen molar-refractivity contribution in [2.24, 2.45) is 11.3 Å². The number of amides is 3. The van der Waals surface area contributed by atoms with Crippen LogP contribution in [-0.4, -0.2) is 54.6 Å². The van der Waals surface area contributed by atoms with Crippen LogP contribution in [0, 0.1) is 22.7 Å². The van der Waals surface area contributed by atoms with E-state index < -0.39 is 48.6 Å². The van der Waals surface area contributed by atoms with E-state index in [2.05, 4.69) is 21.3 Å². The van der Waals surface area contributed by atoms with Crippen LogP contribution >= 0.6 is 0 Å². The summed E-state index contributed by atoms with van der Waals surface area (Å²) < 4.78 is 37.5. The lowest BCUT2D eigenvalue weighted by Crippen LogP contribution is -2.55. The molecule has 2 aliphatic rings. The quantitative estimate of drug-likeness (QED) is 0.446. The van der Waals surface area contributed by atoms with Crippen LogP contribution in [0.1, 0.15) is 52.9 Å². The number of carbonyl (C=O) groups is 3. The zero-order chi connectivity index (χ0) is 23.4. The van der Waals surface area contributed by atoms with Crippen LogP contribution < -0.4 is 21.3 Å². The number of hydrogen-bond donors (Lipinski definition) is 4. The minimum Gasteiger partial charge on any atom is -0.350 e. The van der Waals surface area contributed by atoms with Gasteiger partial charge in [0, 0.05) is 11.5 Å². The monoisotopic (exact) mass is 445 g/mol. The van der Waals surface area contributed by atoms with Crippen molar-refractivity contribution in [1.82, 2.24) is 21.3 Å². The maximum Gasteiger partial charge on any atom is 0.401 e.